The number of ketones is 1. The van der Waals surface area contributed by atoms with Crippen LogP contribution in [0.15, 0.2) is 83.3 Å². The minimum Gasteiger partial charge on any atom is -0.497 e. The number of aliphatic carboxylic acids is 1. The van der Waals surface area contributed by atoms with E-state index in [-0.39, 0.29) is 11.5 Å². The van der Waals surface area contributed by atoms with Crippen LogP contribution in [0, 0.1) is 0 Å². The Balaban J connectivity index is 1.80. The molecule has 1 heterocycles. The van der Waals surface area contributed by atoms with Crippen LogP contribution in [-0.4, -0.2) is 24.0 Å². The van der Waals surface area contributed by atoms with Gasteiger partial charge in [-0.15, -0.1) is 0 Å². The zero-order valence-electron chi connectivity index (χ0n) is 16.2. The molecule has 2 N–H and O–H groups in total. The van der Waals surface area contributed by atoms with E-state index in [1.54, 1.807) is 73.8 Å². The van der Waals surface area contributed by atoms with Gasteiger partial charge in [0.1, 0.15) is 11.3 Å². The van der Waals surface area contributed by atoms with E-state index in [4.69, 9.17) is 9.15 Å². The normalized spacial score (nSPS) is 11.8. The van der Waals surface area contributed by atoms with Gasteiger partial charge in [-0.1, -0.05) is 54.6 Å². The average molecular weight is 401 g/mol. The Hall–Kier alpha value is -4.06. The van der Waals surface area contributed by atoms with Crippen LogP contribution in [0.4, 0.5) is 5.69 Å². The molecule has 1 atom stereocenters. The number of carboxylic acid groups (broad SMARTS) is 1. The van der Waals surface area contributed by atoms with Crippen molar-refractivity contribution in [2.45, 2.75) is 6.04 Å². The molecule has 0 aliphatic heterocycles. The number of carbonyl (C=O) groups excluding carboxylic acids is 1. The highest BCUT2D eigenvalue weighted by Gasteiger charge is 2.27. The van der Waals surface area contributed by atoms with E-state index in [9.17, 15) is 14.7 Å². The maximum absolute atomic E-state index is 13.1. The Morgan fingerprint density at radius 1 is 0.933 bits per heavy atom. The molecule has 0 fully saturated rings. The maximum Gasteiger partial charge on any atom is 0.330 e. The number of ether oxygens (including phenoxy) is 1. The van der Waals surface area contributed by atoms with Crippen molar-refractivity contribution in [3.63, 3.8) is 0 Å². The first-order valence-corrected chi connectivity index (χ1v) is 9.33. The van der Waals surface area contributed by atoms with Gasteiger partial charge < -0.3 is 19.6 Å². The summed E-state index contributed by atoms with van der Waals surface area (Å²) in [7, 11) is 1.54. The van der Waals surface area contributed by atoms with Gasteiger partial charge in [0, 0.05) is 10.9 Å². The number of methoxy groups -OCH3 is 1. The van der Waals surface area contributed by atoms with Crippen molar-refractivity contribution in [2.24, 2.45) is 0 Å². The molecule has 0 aliphatic rings. The smallest absolute Gasteiger partial charge is 0.330 e. The first kappa shape index (κ1) is 19.3. The number of carboxylic acids is 1. The third-order valence-electron chi connectivity index (χ3n) is 4.82. The number of nitrogens with one attached hydrogen (secondary N) is 1. The highest BCUT2D eigenvalue weighted by Crippen LogP contribution is 2.35. The summed E-state index contributed by atoms with van der Waals surface area (Å²) in [6, 6.07) is 21.5. The predicted molar refractivity (Wildman–Crippen MR) is 113 cm³/mol. The van der Waals surface area contributed by atoms with Crippen LogP contribution in [0.3, 0.4) is 0 Å². The topological polar surface area (TPSA) is 88.8 Å². The van der Waals surface area contributed by atoms with E-state index in [2.05, 4.69) is 5.32 Å². The molecule has 150 valence electrons. The molecule has 0 saturated carbocycles. The summed E-state index contributed by atoms with van der Waals surface area (Å²) in [5.41, 5.74) is 1.82. The van der Waals surface area contributed by atoms with Crippen molar-refractivity contribution in [1.82, 2.24) is 0 Å². The molecular formula is C24H19NO5. The molecule has 6 nitrogen and oxygen atoms in total. The second-order valence-electron chi connectivity index (χ2n) is 6.69. The molecular weight excluding hydrogens is 382 g/mol. The highest BCUT2D eigenvalue weighted by atomic mass is 16.5. The molecule has 3 aromatic carbocycles. The van der Waals surface area contributed by atoms with Crippen molar-refractivity contribution < 1.29 is 23.8 Å². The van der Waals surface area contributed by atoms with Gasteiger partial charge >= 0.3 is 5.97 Å². The molecule has 4 rings (SSSR count). The van der Waals surface area contributed by atoms with E-state index in [0.717, 1.165) is 0 Å². The van der Waals surface area contributed by atoms with Crippen LogP contribution in [0.1, 0.15) is 27.7 Å². The lowest BCUT2D eigenvalue weighted by atomic mass is 10.0. The van der Waals surface area contributed by atoms with Gasteiger partial charge in [-0.25, -0.2) is 4.79 Å². The molecule has 0 bridgehead atoms. The van der Waals surface area contributed by atoms with E-state index < -0.39 is 12.0 Å². The van der Waals surface area contributed by atoms with Crippen LogP contribution >= 0.6 is 0 Å². The maximum atomic E-state index is 13.1. The summed E-state index contributed by atoms with van der Waals surface area (Å²) < 4.78 is 11.0. The third-order valence-corrected chi connectivity index (χ3v) is 4.82. The van der Waals surface area contributed by atoms with Crippen LogP contribution in [0.25, 0.3) is 11.0 Å². The monoisotopic (exact) mass is 401 g/mol. The second kappa shape index (κ2) is 8.13. The lowest BCUT2D eigenvalue weighted by molar-refractivity contribution is -0.138. The fourth-order valence-corrected chi connectivity index (χ4v) is 3.30. The molecule has 0 radical (unpaired) electrons. The largest absolute Gasteiger partial charge is 0.497 e. The third kappa shape index (κ3) is 3.63. The SMILES string of the molecule is COc1ccc(C(Nc2c(C(=O)c3ccccc3)oc3ccccc23)C(=O)O)cc1. The zero-order valence-corrected chi connectivity index (χ0v) is 16.2. The fraction of sp³-hybridized carbons (Fsp3) is 0.0833. The van der Waals surface area contributed by atoms with Gasteiger partial charge in [0.05, 0.1) is 12.8 Å². The summed E-state index contributed by atoms with van der Waals surface area (Å²) in [4.78, 5) is 25.2. The Morgan fingerprint density at radius 3 is 2.27 bits per heavy atom. The van der Waals surface area contributed by atoms with Crippen molar-refractivity contribution in [1.29, 1.82) is 0 Å². The lowest BCUT2D eigenvalue weighted by Gasteiger charge is -2.16. The van der Waals surface area contributed by atoms with Gasteiger partial charge in [-0.2, -0.15) is 0 Å². The number of rotatable bonds is 7. The van der Waals surface area contributed by atoms with Crippen molar-refractivity contribution >= 4 is 28.4 Å². The predicted octanol–water partition coefficient (Wildman–Crippen LogP) is 4.91. The van der Waals surface area contributed by atoms with E-state index >= 15 is 0 Å². The number of benzene rings is 3. The number of furan rings is 1. The van der Waals surface area contributed by atoms with Gasteiger partial charge in [0.15, 0.2) is 11.8 Å². The number of carbonyl (C=O) groups is 2. The summed E-state index contributed by atoms with van der Waals surface area (Å²) in [5, 5.41) is 13.5. The molecule has 6 heteroatoms. The molecule has 0 aliphatic carbocycles. The van der Waals surface area contributed by atoms with Gasteiger partial charge in [0.25, 0.3) is 0 Å². The van der Waals surface area contributed by atoms with Crippen LogP contribution in [0.5, 0.6) is 5.75 Å². The van der Waals surface area contributed by atoms with E-state index in [1.165, 1.54) is 0 Å². The van der Waals surface area contributed by atoms with Gasteiger partial charge in [0.2, 0.25) is 5.78 Å². The van der Waals surface area contributed by atoms with Gasteiger partial charge in [-0.3, -0.25) is 4.79 Å². The number of para-hydroxylation sites is 1. The number of anilines is 1. The molecule has 0 spiro atoms. The standard InChI is InChI=1S/C24H19NO5/c1-29-17-13-11-15(12-14-17)20(24(27)28)25-21-18-9-5-6-10-19(18)30-23(21)22(26)16-7-3-2-4-8-16/h2-14,20,25H,1H3,(H,27,28). The number of hydrogen-bond donors (Lipinski definition) is 2. The summed E-state index contributed by atoms with van der Waals surface area (Å²) in [6.07, 6.45) is 0. The molecule has 0 saturated heterocycles. The number of fused-ring (bicyclic) bond motifs is 1. The quantitative estimate of drug-likeness (QED) is 0.428. The van der Waals surface area contributed by atoms with Gasteiger partial charge in [-0.05, 0) is 29.8 Å². The van der Waals surface area contributed by atoms with Crippen molar-refractivity contribution in [3.05, 3.63) is 95.7 Å². The van der Waals surface area contributed by atoms with E-state index in [0.29, 0.717) is 33.5 Å². The molecule has 1 unspecified atom stereocenters. The van der Waals surface area contributed by atoms with Crippen LogP contribution < -0.4 is 10.1 Å². The Bertz CT molecular complexity index is 1200. The Kier molecular flexibility index (Phi) is 5.22. The summed E-state index contributed by atoms with van der Waals surface area (Å²) in [5.74, 6) is -0.713. The highest BCUT2D eigenvalue weighted by molar-refractivity contribution is 6.15. The first-order valence-electron chi connectivity index (χ1n) is 9.33. The minimum atomic E-state index is -1.08. The second-order valence-corrected chi connectivity index (χ2v) is 6.69. The van der Waals surface area contributed by atoms with Crippen molar-refractivity contribution in [2.75, 3.05) is 12.4 Å². The Morgan fingerprint density at radius 2 is 1.60 bits per heavy atom. The Labute approximate surface area is 172 Å². The summed E-state index contributed by atoms with van der Waals surface area (Å²) in [6.45, 7) is 0. The van der Waals surface area contributed by atoms with E-state index in [1.807, 2.05) is 12.1 Å². The first-order chi connectivity index (χ1) is 14.6. The number of hydrogen-bond acceptors (Lipinski definition) is 5. The van der Waals surface area contributed by atoms with Crippen LogP contribution in [0.2, 0.25) is 0 Å². The minimum absolute atomic E-state index is 0.0714. The summed E-state index contributed by atoms with van der Waals surface area (Å²) >= 11 is 0. The zero-order chi connectivity index (χ0) is 21.1. The lowest BCUT2D eigenvalue weighted by Crippen LogP contribution is -2.21. The average Bonchev–Trinajstić information content (AvgIpc) is 3.16. The molecule has 0 amide bonds. The fourth-order valence-electron chi connectivity index (χ4n) is 3.30. The molecule has 1 aromatic heterocycles. The molecule has 30 heavy (non-hydrogen) atoms. The van der Waals surface area contributed by atoms with Crippen LogP contribution in [-0.2, 0) is 4.79 Å². The molecule has 4 aromatic rings. The van der Waals surface area contributed by atoms with Crippen molar-refractivity contribution in [3.8, 4) is 5.75 Å².